The maximum Gasteiger partial charge on any atom is 0.251 e. The van der Waals surface area contributed by atoms with Crippen molar-refractivity contribution < 1.29 is 9.90 Å². The number of aliphatic hydroxyl groups excluding tert-OH is 1. The number of benzene rings is 2. The van der Waals surface area contributed by atoms with Crippen LogP contribution in [0.25, 0.3) is 0 Å². The van der Waals surface area contributed by atoms with Crippen LogP contribution in [0.4, 0.5) is 5.69 Å². The van der Waals surface area contributed by atoms with Gasteiger partial charge in [-0.25, -0.2) is 0 Å². The van der Waals surface area contributed by atoms with E-state index in [4.69, 9.17) is 5.11 Å². The van der Waals surface area contributed by atoms with Gasteiger partial charge < -0.3 is 15.7 Å². The molecule has 0 aliphatic rings. The van der Waals surface area contributed by atoms with Gasteiger partial charge in [-0.15, -0.1) is 0 Å². The predicted octanol–water partition coefficient (Wildman–Crippen LogP) is 3.24. The van der Waals surface area contributed by atoms with E-state index in [0.717, 1.165) is 22.4 Å². The average Bonchev–Trinajstić information content (AvgIpc) is 2.52. The average molecular weight is 312 g/mol. The van der Waals surface area contributed by atoms with E-state index >= 15 is 0 Å². The van der Waals surface area contributed by atoms with Crippen molar-refractivity contribution in [2.45, 2.75) is 40.0 Å². The normalized spacial score (nSPS) is 10.7. The molecule has 2 rings (SSSR count). The van der Waals surface area contributed by atoms with E-state index in [1.165, 1.54) is 0 Å². The molecule has 0 aromatic heterocycles. The van der Waals surface area contributed by atoms with E-state index in [9.17, 15) is 4.79 Å². The number of hydrogen-bond acceptors (Lipinski definition) is 3. The fourth-order valence-corrected chi connectivity index (χ4v) is 2.33. The highest BCUT2D eigenvalue weighted by Crippen LogP contribution is 2.16. The van der Waals surface area contributed by atoms with Crippen LogP contribution in [0, 0.1) is 6.92 Å². The lowest BCUT2D eigenvalue weighted by atomic mass is 10.1. The van der Waals surface area contributed by atoms with Gasteiger partial charge in [-0.1, -0.05) is 24.3 Å². The minimum Gasteiger partial charge on any atom is -0.392 e. The first-order chi connectivity index (χ1) is 11.0. The number of rotatable bonds is 6. The van der Waals surface area contributed by atoms with Crippen molar-refractivity contribution in [3.05, 3.63) is 64.7 Å². The lowest BCUT2D eigenvalue weighted by molar-refractivity contribution is 0.0942. The summed E-state index contributed by atoms with van der Waals surface area (Å²) in [4.78, 5) is 12.1. The molecule has 122 valence electrons. The zero-order valence-corrected chi connectivity index (χ0v) is 13.9. The van der Waals surface area contributed by atoms with Gasteiger partial charge in [0.05, 0.1) is 6.61 Å². The van der Waals surface area contributed by atoms with Crippen LogP contribution in [0.1, 0.15) is 40.9 Å². The summed E-state index contributed by atoms with van der Waals surface area (Å²) in [7, 11) is 0. The van der Waals surface area contributed by atoms with E-state index in [0.29, 0.717) is 12.1 Å². The minimum atomic E-state index is -0.0383. The maximum absolute atomic E-state index is 12.1. The van der Waals surface area contributed by atoms with E-state index < -0.39 is 0 Å². The fourth-order valence-electron chi connectivity index (χ4n) is 2.33. The molecule has 4 heteroatoms. The lowest BCUT2D eigenvalue weighted by Gasteiger charge is -2.13. The van der Waals surface area contributed by atoms with Gasteiger partial charge in [0.15, 0.2) is 0 Å². The third kappa shape index (κ3) is 4.83. The van der Waals surface area contributed by atoms with Gasteiger partial charge in [-0.2, -0.15) is 0 Å². The summed E-state index contributed by atoms with van der Waals surface area (Å²) in [5.41, 5.74) is 4.68. The van der Waals surface area contributed by atoms with Crippen LogP contribution in [0.5, 0.6) is 0 Å². The Morgan fingerprint density at radius 2 is 1.74 bits per heavy atom. The highest BCUT2D eigenvalue weighted by atomic mass is 16.3. The number of carbonyl (C=O) groups is 1. The standard InChI is InChI=1S/C19H24N2O2/c1-13(2)21-19(23)18-9-8-17(10-14(18)3)20-11-15-4-6-16(12-22)7-5-15/h4-10,13,20,22H,11-12H2,1-3H3,(H,21,23). The maximum atomic E-state index is 12.1. The monoisotopic (exact) mass is 312 g/mol. The Labute approximate surface area is 137 Å². The molecule has 0 bridgehead atoms. The first-order valence-electron chi connectivity index (χ1n) is 7.83. The van der Waals surface area contributed by atoms with E-state index in [-0.39, 0.29) is 18.6 Å². The van der Waals surface area contributed by atoms with E-state index in [1.54, 1.807) is 0 Å². The number of aryl methyl sites for hydroxylation is 1. The Morgan fingerprint density at radius 1 is 1.09 bits per heavy atom. The van der Waals surface area contributed by atoms with Gasteiger partial charge >= 0.3 is 0 Å². The highest BCUT2D eigenvalue weighted by Gasteiger charge is 2.10. The second-order valence-electron chi connectivity index (χ2n) is 5.99. The van der Waals surface area contributed by atoms with Crippen LogP contribution >= 0.6 is 0 Å². The lowest BCUT2D eigenvalue weighted by Crippen LogP contribution is -2.30. The largest absolute Gasteiger partial charge is 0.392 e. The Kier molecular flexibility index (Phi) is 5.77. The summed E-state index contributed by atoms with van der Waals surface area (Å²) in [5.74, 6) is -0.0383. The van der Waals surface area contributed by atoms with Gasteiger partial charge in [0.1, 0.15) is 0 Å². The molecule has 0 aliphatic heterocycles. The number of carbonyl (C=O) groups excluding carboxylic acids is 1. The Balaban J connectivity index is 2.01. The Bertz CT molecular complexity index is 664. The van der Waals surface area contributed by atoms with Crippen molar-refractivity contribution >= 4 is 11.6 Å². The molecular formula is C19H24N2O2. The second-order valence-corrected chi connectivity index (χ2v) is 5.99. The molecule has 1 amide bonds. The quantitative estimate of drug-likeness (QED) is 0.767. The van der Waals surface area contributed by atoms with Crippen LogP contribution in [0.3, 0.4) is 0 Å². The smallest absolute Gasteiger partial charge is 0.251 e. The predicted molar refractivity (Wildman–Crippen MR) is 93.5 cm³/mol. The van der Waals surface area contributed by atoms with Gasteiger partial charge in [0.25, 0.3) is 5.91 Å². The molecule has 23 heavy (non-hydrogen) atoms. The van der Waals surface area contributed by atoms with Crippen molar-refractivity contribution in [2.24, 2.45) is 0 Å². The first kappa shape index (κ1) is 17.0. The topological polar surface area (TPSA) is 61.4 Å². The number of hydrogen-bond donors (Lipinski definition) is 3. The number of anilines is 1. The van der Waals surface area contributed by atoms with Crippen molar-refractivity contribution in [1.29, 1.82) is 0 Å². The molecule has 3 N–H and O–H groups in total. The fraction of sp³-hybridized carbons (Fsp3) is 0.316. The van der Waals surface area contributed by atoms with Crippen LogP contribution in [-0.2, 0) is 13.2 Å². The molecule has 0 heterocycles. The molecule has 0 unspecified atom stereocenters. The van der Waals surface area contributed by atoms with Gasteiger partial charge in [-0.3, -0.25) is 4.79 Å². The molecule has 0 atom stereocenters. The van der Waals surface area contributed by atoms with Crippen molar-refractivity contribution in [3.63, 3.8) is 0 Å². The molecule has 0 aliphatic carbocycles. The zero-order chi connectivity index (χ0) is 16.8. The summed E-state index contributed by atoms with van der Waals surface area (Å²) in [6.07, 6.45) is 0. The van der Waals surface area contributed by atoms with E-state index in [1.807, 2.05) is 63.2 Å². The number of aliphatic hydroxyl groups is 1. The molecule has 2 aromatic carbocycles. The summed E-state index contributed by atoms with van der Waals surface area (Å²) in [6.45, 7) is 6.60. The number of nitrogens with one attached hydrogen (secondary N) is 2. The SMILES string of the molecule is Cc1cc(NCc2ccc(CO)cc2)ccc1C(=O)NC(C)C. The van der Waals surface area contributed by atoms with Crippen LogP contribution in [-0.4, -0.2) is 17.1 Å². The van der Waals surface area contributed by atoms with Crippen molar-refractivity contribution in [1.82, 2.24) is 5.32 Å². The zero-order valence-electron chi connectivity index (χ0n) is 13.9. The van der Waals surface area contributed by atoms with Crippen LogP contribution in [0.15, 0.2) is 42.5 Å². The summed E-state index contributed by atoms with van der Waals surface area (Å²) < 4.78 is 0. The Hall–Kier alpha value is -2.33. The molecular weight excluding hydrogens is 288 g/mol. The van der Waals surface area contributed by atoms with Gasteiger partial charge in [-0.05, 0) is 55.7 Å². The van der Waals surface area contributed by atoms with Crippen LogP contribution in [0.2, 0.25) is 0 Å². The summed E-state index contributed by atoms with van der Waals surface area (Å²) in [6, 6.07) is 13.7. The third-order valence-corrected chi connectivity index (χ3v) is 3.59. The van der Waals surface area contributed by atoms with Crippen molar-refractivity contribution in [3.8, 4) is 0 Å². The molecule has 0 spiro atoms. The second kappa shape index (κ2) is 7.79. The summed E-state index contributed by atoms with van der Waals surface area (Å²) in [5, 5.41) is 15.3. The molecule has 2 aromatic rings. The van der Waals surface area contributed by atoms with Crippen molar-refractivity contribution in [2.75, 3.05) is 5.32 Å². The van der Waals surface area contributed by atoms with Crippen LogP contribution < -0.4 is 10.6 Å². The molecule has 0 saturated heterocycles. The number of amides is 1. The Morgan fingerprint density at radius 3 is 2.30 bits per heavy atom. The molecule has 4 nitrogen and oxygen atoms in total. The van der Waals surface area contributed by atoms with E-state index in [2.05, 4.69) is 10.6 Å². The molecule has 0 fully saturated rings. The first-order valence-corrected chi connectivity index (χ1v) is 7.83. The van der Waals surface area contributed by atoms with Gasteiger partial charge in [0, 0.05) is 23.8 Å². The summed E-state index contributed by atoms with van der Waals surface area (Å²) >= 11 is 0. The third-order valence-electron chi connectivity index (χ3n) is 3.59. The highest BCUT2D eigenvalue weighted by molar-refractivity contribution is 5.96. The molecule has 0 saturated carbocycles. The molecule has 0 radical (unpaired) electrons. The minimum absolute atomic E-state index is 0.0383. The van der Waals surface area contributed by atoms with Gasteiger partial charge in [0.2, 0.25) is 0 Å².